The van der Waals surface area contributed by atoms with E-state index in [-0.39, 0.29) is 6.61 Å². The van der Waals surface area contributed by atoms with Crippen molar-refractivity contribution >= 4 is 5.69 Å². The number of pyridine rings is 1. The van der Waals surface area contributed by atoms with Gasteiger partial charge >= 0.3 is 0 Å². The Balaban J connectivity index is 2.14. The number of anilines is 1. The standard InChI is InChI=1S/C14H16N2O2/c1-2-16-12-7-14(9-15-8-12)18-13-5-3-4-11(6-13)10-17/h3-9,16-17H,2,10H2,1H3. The molecule has 0 atom stereocenters. The number of hydrogen-bond acceptors (Lipinski definition) is 4. The molecule has 94 valence electrons. The average Bonchev–Trinajstić information content (AvgIpc) is 2.40. The highest BCUT2D eigenvalue weighted by molar-refractivity contribution is 5.46. The SMILES string of the molecule is CCNc1cncc(Oc2cccc(CO)c2)c1. The molecule has 0 bridgehead atoms. The maximum Gasteiger partial charge on any atom is 0.147 e. The minimum absolute atomic E-state index is 0.00683. The van der Waals surface area contributed by atoms with Crippen molar-refractivity contribution in [2.75, 3.05) is 11.9 Å². The normalized spacial score (nSPS) is 10.1. The minimum Gasteiger partial charge on any atom is -0.456 e. The predicted molar refractivity (Wildman–Crippen MR) is 70.8 cm³/mol. The van der Waals surface area contributed by atoms with E-state index in [0.717, 1.165) is 17.8 Å². The van der Waals surface area contributed by atoms with E-state index in [0.29, 0.717) is 11.5 Å². The summed E-state index contributed by atoms with van der Waals surface area (Å²) in [6, 6.07) is 9.24. The molecule has 2 aromatic rings. The van der Waals surface area contributed by atoms with Crippen LogP contribution in [0.5, 0.6) is 11.5 Å². The molecule has 4 heteroatoms. The van der Waals surface area contributed by atoms with E-state index in [1.165, 1.54) is 0 Å². The summed E-state index contributed by atoms with van der Waals surface area (Å²) in [5.41, 5.74) is 1.75. The topological polar surface area (TPSA) is 54.4 Å². The summed E-state index contributed by atoms with van der Waals surface area (Å²) in [4.78, 5) is 4.11. The lowest BCUT2D eigenvalue weighted by atomic mass is 10.2. The zero-order valence-corrected chi connectivity index (χ0v) is 10.3. The van der Waals surface area contributed by atoms with Crippen molar-refractivity contribution in [1.29, 1.82) is 0 Å². The summed E-state index contributed by atoms with van der Waals surface area (Å²) >= 11 is 0. The van der Waals surface area contributed by atoms with Gasteiger partial charge in [0.1, 0.15) is 11.5 Å². The largest absolute Gasteiger partial charge is 0.456 e. The third-order valence-electron chi connectivity index (χ3n) is 2.41. The van der Waals surface area contributed by atoms with E-state index >= 15 is 0 Å². The maximum atomic E-state index is 9.06. The molecule has 0 saturated heterocycles. The van der Waals surface area contributed by atoms with Crippen LogP contribution in [0.1, 0.15) is 12.5 Å². The number of aliphatic hydroxyl groups excluding tert-OH is 1. The van der Waals surface area contributed by atoms with Crippen LogP contribution in [0.4, 0.5) is 5.69 Å². The molecule has 2 N–H and O–H groups in total. The highest BCUT2D eigenvalue weighted by atomic mass is 16.5. The number of benzene rings is 1. The Morgan fingerprint density at radius 3 is 2.89 bits per heavy atom. The molecule has 1 heterocycles. The maximum absolute atomic E-state index is 9.06. The number of nitrogens with zero attached hydrogens (tertiary/aromatic N) is 1. The molecule has 4 nitrogen and oxygen atoms in total. The second-order valence-electron chi connectivity index (χ2n) is 3.85. The minimum atomic E-state index is 0.00683. The molecule has 0 aliphatic heterocycles. The number of hydrogen-bond donors (Lipinski definition) is 2. The van der Waals surface area contributed by atoms with Crippen molar-refractivity contribution in [2.45, 2.75) is 13.5 Å². The quantitative estimate of drug-likeness (QED) is 0.849. The Labute approximate surface area is 106 Å². The molecule has 0 unspecified atom stereocenters. The van der Waals surface area contributed by atoms with Crippen LogP contribution in [0.25, 0.3) is 0 Å². The van der Waals surface area contributed by atoms with Gasteiger partial charge in [0, 0.05) is 12.6 Å². The van der Waals surface area contributed by atoms with Gasteiger partial charge in [-0.3, -0.25) is 4.98 Å². The summed E-state index contributed by atoms with van der Waals surface area (Å²) in [6.45, 7) is 2.87. The first-order valence-corrected chi connectivity index (χ1v) is 5.88. The van der Waals surface area contributed by atoms with E-state index < -0.39 is 0 Å². The third kappa shape index (κ3) is 3.21. The number of rotatable bonds is 5. The fourth-order valence-corrected chi connectivity index (χ4v) is 1.62. The average molecular weight is 244 g/mol. The van der Waals surface area contributed by atoms with E-state index in [1.807, 2.05) is 31.2 Å². The van der Waals surface area contributed by atoms with Gasteiger partial charge in [-0.1, -0.05) is 12.1 Å². The number of nitrogens with one attached hydrogen (secondary N) is 1. The van der Waals surface area contributed by atoms with Gasteiger partial charge in [0.05, 0.1) is 24.7 Å². The lowest BCUT2D eigenvalue weighted by Gasteiger charge is -2.08. The van der Waals surface area contributed by atoms with Gasteiger partial charge in [0.15, 0.2) is 0 Å². The molecule has 1 aromatic carbocycles. The monoisotopic (exact) mass is 244 g/mol. The first-order chi connectivity index (χ1) is 8.81. The van der Waals surface area contributed by atoms with Crippen LogP contribution in [-0.2, 0) is 6.61 Å². The van der Waals surface area contributed by atoms with Gasteiger partial charge in [0.25, 0.3) is 0 Å². The van der Waals surface area contributed by atoms with Crippen molar-refractivity contribution in [3.8, 4) is 11.5 Å². The molecule has 0 fully saturated rings. The van der Waals surface area contributed by atoms with Crippen LogP contribution in [0, 0.1) is 0 Å². The predicted octanol–water partition coefficient (Wildman–Crippen LogP) is 2.80. The molecular formula is C14H16N2O2. The fraction of sp³-hybridized carbons (Fsp3) is 0.214. The van der Waals surface area contributed by atoms with Crippen LogP contribution >= 0.6 is 0 Å². The second-order valence-corrected chi connectivity index (χ2v) is 3.85. The van der Waals surface area contributed by atoms with Crippen LogP contribution in [0.3, 0.4) is 0 Å². The smallest absolute Gasteiger partial charge is 0.147 e. The van der Waals surface area contributed by atoms with Crippen LogP contribution < -0.4 is 10.1 Å². The summed E-state index contributed by atoms with van der Waals surface area (Å²) in [7, 11) is 0. The summed E-state index contributed by atoms with van der Waals surface area (Å²) in [6.07, 6.45) is 3.41. The van der Waals surface area contributed by atoms with Gasteiger partial charge in [0.2, 0.25) is 0 Å². The van der Waals surface area contributed by atoms with Gasteiger partial charge < -0.3 is 15.2 Å². The molecule has 0 aliphatic carbocycles. The van der Waals surface area contributed by atoms with Crippen LogP contribution in [-0.4, -0.2) is 16.6 Å². The lowest BCUT2D eigenvalue weighted by Crippen LogP contribution is -1.97. The molecule has 0 aliphatic rings. The van der Waals surface area contributed by atoms with Crippen LogP contribution in [0.2, 0.25) is 0 Å². The fourth-order valence-electron chi connectivity index (χ4n) is 1.62. The first kappa shape index (κ1) is 12.4. The summed E-state index contributed by atoms with van der Waals surface area (Å²) in [5, 5.41) is 12.2. The Morgan fingerprint density at radius 1 is 1.22 bits per heavy atom. The number of aromatic nitrogens is 1. The van der Waals surface area contributed by atoms with E-state index in [1.54, 1.807) is 18.5 Å². The second kappa shape index (κ2) is 6.02. The molecular weight excluding hydrogens is 228 g/mol. The third-order valence-corrected chi connectivity index (χ3v) is 2.41. The molecule has 0 spiro atoms. The molecule has 0 saturated carbocycles. The van der Waals surface area contributed by atoms with Crippen molar-refractivity contribution in [3.63, 3.8) is 0 Å². The van der Waals surface area contributed by atoms with E-state index in [2.05, 4.69) is 10.3 Å². The lowest BCUT2D eigenvalue weighted by molar-refractivity contribution is 0.281. The van der Waals surface area contributed by atoms with Gasteiger partial charge in [-0.2, -0.15) is 0 Å². The molecule has 1 aromatic heterocycles. The highest BCUT2D eigenvalue weighted by Gasteiger charge is 2.00. The van der Waals surface area contributed by atoms with Gasteiger partial charge in [-0.15, -0.1) is 0 Å². The Morgan fingerprint density at radius 2 is 2.11 bits per heavy atom. The molecule has 2 rings (SSSR count). The van der Waals surface area contributed by atoms with Gasteiger partial charge in [-0.05, 0) is 24.6 Å². The van der Waals surface area contributed by atoms with Crippen molar-refractivity contribution < 1.29 is 9.84 Å². The number of ether oxygens (including phenoxy) is 1. The zero-order chi connectivity index (χ0) is 12.8. The first-order valence-electron chi connectivity index (χ1n) is 5.88. The van der Waals surface area contributed by atoms with Crippen LogP contribution in [0.15, 0.2) is 42.7 Å². The molecule has 0 radical (unpaired) electrons. The Bertz CT molecular complexity index is 515. The molecule has 18 heavy (non-hydrogen) atoms. The Hall–Kier alpha value is -2.07. The van der Waals surface area contributed by atoms with Crippen molar-refractivity contribution in [3.05, 3.63) is 48.3 Å². The summed E-state index contributed by atoms with van der Waals surface area (Å²) in [5.74, 6) is 1.36. The zero-order valence-electron chi connectivity index (χ0n) is 10.3. The van der Waals surface area contributed by atoms with E-state index in [9.17, 15) is 0 Å². The van der Waals surface area contributed by atoms with E-state index in [4.69, 9.17) is 9.84 Å². The van der Waals surface area contributed by atoms with Gasteiger partial charge in [-0.25, -0.2) is 0 Å². The molecule has 0 amide bonds. The van der Waals surface area contributed by atoms with Crippen molar-refractivity contribution in [2.24, 2.45) is 0 Å². The van der Waals surface area contributed by atoms with Crippen molar-refractivity contribution in [1.82, 2.24) is 4.98 Å². The Kier molecular flexibility index (Phi) is 4.15. The number of aliphatic hydroxyl groups is 1. The summed E-state index contributed by atoms with van der Waals surface area (Å²) < 4.78 is 5.69. The highest BCUT2D eigenvalue weighted by Crippen LogP contribution is 2.23.